The average Bonchev–Trinajstić information content (AvgIpc) is 2.41. The second kappa shape index (κ2) is 7.16. The number of aliphatic hydroxyl groups excluding tert-OH is 2. The predicted octanol–water partition coefficient (Wildman–Crippen LogP) is 1.32. The Morgan fingerprint density at radius 2 is 1.95 bits per heavy atom. The van der Waals surface area contributed by atoms with Gasteiger partial charge in [-0.05, 0) is 19.1 Å². The molecule has 0 amide bonds. The zero-order valence-electron chi connectivity index (χ0n) is 11.1. The van der Waals surface area contributed by atoms with E-state index >= 15 is 0 Å². The molecular formula is C13H16F2O5. The van der Waals surface area contributed by atoms with Gasteiger partial charge >= 0.3 is 5.97 Å². The molecule has 5 nitrogen and oxygen atoms in total. The summed E-state index contributed by atoms with van der Waals surface area (Å²) in [5, 5.41) is 19.4. The number of esters is 1. The van der Waals surface area contributed by atoms with Crippen LogP contribution in [0.5, 0.6) is 5.75 Å². The molecule has 1 aromatic carbocycles. The number of methoxy groups -OCH3 is 1. The zero-order chi connectivity index (χ0) is 15.3. The first-order valence-electron chi connectivity index (χ1n) is 5.96. The summed E-state index contributed by atoms with van der Waals surface area (Å²) in [6.07, 6.45) is -3.88. The number of halogens is 2. The fourth-order valence-electron chi connectivity index (χ4n) is 1.64. The molecule has 0 aliphatic rings. The lowest BCUT2D eigenvalue weighted by atomic mass is 10.0. The van der Waals surface area contributed by atoms with Gasteiger partial charge in [0.05, 0.1) is 26.2 Å². The lowest BCUT2D eigenvalue weighted by Crippen LogP contribution is -2.24. The molecule has 0 saturated carbocycles. The quantitative estimate of drug-likeness (QED) is 0.773. The van der Waals surface area contributed by atoms with Gasteiger partial charge in [0, 0.05) is 5.56 Å². The molecule has 0 heterocycles. The number of carbonyl (C=O) groups is 1. The van der Waals surface area contributed by atoms with Crippen LogP contribution in [0.4, 0.5) is 8.78 Å². The van der Waals surface area contributed by atoms with Crippen molar-refractivity contribution in [3.63, 3.8) is 0 Å². The highest BCUT2D eigenvalue weighted by molar-refractivity contribution is 5.70. The summed E-state index contributed by atoms with van der Waals surface area (Å²) >= 11 is 0. The first-order valence-corrected chi connectivity index (χ1v) is 5.96. The van der Waals surface area contributed by atoms with E-state index in [1.54, 1.807) is 6.92 Å². The van der Waals surface area contributed by atoms with Gasteiger partial charge in [-0.2, -0.15) is 4.39 Å². The molecule has 0 radical (unpaired) electrons. The summed E-state index contributed by atoms with van der Waals surface area (Å²) < 4.78 is 36.4. The molecule has 2 unspecified atom stereocenters. The molecule has 1 rings (SSSR count). The number of hydrogen-bond acceptors (Lipinski definition) is 5. The maximum Gasteiger partial charge on any atom is 0.308 e. The lowest BCUT2D eigenvalue weighted by molar-refractivity contribution is -0.147. The summed E-state index contributed by atoms with van der Waals surface area (Å²) in [6.45, 7) is 1.70. The summed E-state index contributed by atoms with van der Waals surface area (Å²) in [5.41, 5.74) is -0.458. The highest BCUT2D eigenvalue weighted by atomic mass is 19.2. The minimum Gasteiger partial charge on any atom is -0.494 e. The monoisotopic (exact) mass is 290 g/mol. The maximum absolute atomic E-state index is 13.7. The summed E-state index contributed by atoms with van der Waals surface area (Å²) in [6, 6.07) is 2.20. The zero-order valence-corrected chi connectivity index (χ0v) is 11.1. The van der Waals surface area contributed by atoms with Crippen molar-refractivity contribution in [2.75, 3.05) is 13.7 Å². The van der Waals surface area contributed by atoms with Crippen LogP contribution in [0.3, 0.4) is 0 Å². The molecule has 1 aromatic rings. The van der Waals surface area contributed by atoms with E-state index in [1.807, 2.05) is 0 Å². The first kappa shape index (κ1) is 16.3. The van der Waals surface area contributed by atoms with E-state index in [9.17, 15) is 23.8 Å². The van der Waals surface area contributed by atoms with Crippen molar-refractivity contribution >= 4 is 5.97 Å². The maximum atomic E-state index is 13.7. The van der Waals surface area contributed by atoms with E-state index < -0.39 is 41.8 Å². The molecule has 0 aromatic heterocycles. The van der Waals surface area contributed by atoms with Crippen LogP contribution in [0.25, 0.3) is 0 Å². The Morgan fingerprint density at radius 1 is 1.30 bits per heavy atom. The molecular weight excluding hydrogens is 274 g/mol. The van der Waals surface area contributed by atoms with Gasteiger partial charge in [-0.1, -0.05) is 0 Å². The largest absolute Gasteiger partial charge is 0.494 e. The Labute approximate surface area is 114 Å². The number of aliphatic hydroxyl groups is 2. The fraction of sp³-hybridized carbons (Fsp3) is 0.462. The van der Waals surface area contributed by atoms with Gasteiger partial charge in [0.2, 0.25) is 5.82 Å². The molecule has 2 atom stereocenters. The van der Waals surface area contributed by atoms with Crippen molar-refractivity contribution in [3.8, 4) is 5.75 Å². The van der Waals surface area contributed by atoms with Crippen molar-refractivity contribution in [1.29, 1.82) is 0 Å². The van der Waals surface area contributed by atoms with Crippen molar-refractivity contribution in [3.05, 3.63) is 29.3 Å². The van der Waals surface area contributed by atoms with E-state index in [1.165, 1.54) is 7.11 Å². The van der Waals surface area contributed by atoms with Crippen molar-refractivity contribution in [1.82, 2.24) is 0 Å². The van der Waals surface area contributed by atoms with Gasteiger partial charge < -0.3 is 19.7 Å². The summed E-state index contributed by atoms with van der Waals surface area (Å²) in [5.74, 6) is -3.67. The van der Waals surface area contributed by atoms with Crippen molar-refractivity contribution in [2.45, 2.75) is 25.6 Å². The van der Waals surface area contributed by atoms with Crippen LogP contribution in [0, 0.1) is 11.6 Å². The number of hydrogen-bond donors (Lipinski definition) is 2. The number of ether oxygens (including phenoxy) is 2. The van der Waals surface area contributed by atoms with Crippen LogP contribution in [0.2, 0.25) is 0 Å². The van der Waals surface area contributed by atoms with Gasteiger partial charge in [0.15, 0.2) is 11.6 Å². The number of carbonyl (C=O) groups excluding carboxylic acids is 1. The van der Waals surface area contributed by atoms with E-state index in [0.717, 1.165) is 12.1 Å². The van der Waals surface area contributed by atoms with Gasteiger partial charge in [0.25, 0.3) is 0 Å². The van der Waals surface area contributed by atoms with E-state index in [-0.39, 0.29) is 12.4 Å². The van der Waals surface area contributed by atoms with E-state index in [0.29, 0.717) is 0 Å². The summed E-state index contributed by atoms with van der Waals surface area (Å²) in [4.78, 5) is 11.2. The van der Waals surface area contributed by atoms with Crippen LogP contribution in [0.15, 0.2) is 12.1 Å². The molecule has 0 spiro atoms. The molecule has 0 bridgehead atoms. The van der Waals surface area contributed by atoms with Crippen molar-refractivity contribution in [2.24, 2.45) is 0 Å². The molecule has 0 aliphatic carbocycles. The predicted molar refractivity (Wildman–Crippen MR) is 65.1 cm³/mol. The third kappa shape index (κ3) is 3.64. The van der Waals surface area contributed by atoms with Gasteiger partial charge in [-0.25, -0.2) is 4.39 Å². The van der Waals surface area contributed by atoms with Crippen LogP contribution in [0.1, 0.15) is 25.0 Å². The molecule has 112 valence electrons. The Morgan fingerprint density at radius 3 is 2.50 bits per heavy atom. The number of rotatable bonds is 6. The number of benzene rings is 1. The third-order valence-corrected chi connectivity index (χ3v) is 2.66. The molecule has 2 N–H and O–H groups in total. The van der Waals surface area contributed by atoms with E-state index in [4.69, 9.17) is 0 Å². The van der Waals surface area contributed by atoms with E-state index in [2.05, 4.69) is 9.47 Å². The molecule has 0 saturated heterocycles. The van der Waals surface area contributed by atoms with Crippen LogP contribution in [-0.4, -0.2) is 36.0 Å². The van der Waals surface area contributed by atoms with Gasteiger partial charge in [-0.3, -0.25) is 4.79 Å². The van der Waals surface area contributed by atoms with Crippen LogP contribution < -0.4 is 4.74 Å². The molecule has 7 heteroatoms. The fourth-order valence-corrected chi connectivity index (χ4v) is 1.64. The van der Waals surface area contributed by atoms with Gasteiger partial charge in [0.1, 0.15) is 6.10 Å². The van der Waals surface area contributed by atoms with Crippen molar-refractivity contribution < 1.29 is 33.3 Å². The Hall–Kier alpha value is -1.73. The topological polar surface area (TPSA) is 76.0 Å². The lowest BCUT2D eigenvalue weighted by Gasteiger charge is -2.18. The van der Waals surface area contributed by atoms with Crippen LogP contribution >= 0.6 is 0 Å². The second-order valence-electron chi connectivity index (χ2n) is 4.01. The summed E-state index contributed by atoms with van der Waals surface area (Å²) in [7, 11) is 1.17. The Kier molecular flexibility index (Phi) is 5.84. The minimum atomic E-state index is -1.75. The standard InChI is InChI=1S/C13H16F2O5/c1-3-20-10(17)6-8(16)13(18)7-4-5-9(19-2)12(15)11(7)14/h4-5,8,13,16,18H,3,6H2,1-2H3. The minimum absolute atomic E-state index is 0.118. The highest BCUT2D eigenvalue weighted by Crippen LogP contribution is 2.28. The Balaban J connectivity index is 2.89. The average molecular weight is 290 g/mol. The molecule has 20 heavy (non-hydrogen) atoms. The molecule has 0 fully saturated rings. The highest BCUT2D eigenvalue weighted by Gasteiger charge is 2.27. The van der Waals surface area contributed by atoms with Gasteiger partial charge in [-0.15, -0.1) is 0 Å². The smallest absolute Gasteiger partial charge is 0.308 e. The first-order chi connectivity index (χ1) is 9.42. The Bertz CT molecular complexity index is 478. The third-order valence-electron chi connectivity index (χ3n) is 2.66. The molecule has 0 aliphatic heterocycles. The normalized spacial score (nSPS) is 13.7. The second-order valence-corrected chi connectivity index (χ2v) is 4.01. The van der Waals surface area contributed by atoms with Crippen LogP contribution in [-0.2, 0) is 9.53 Å². The SMILES string of the molecule is CCOC(=O)CC(O)C(O)c1ccc(OC)c(F)c1F.